The standard InChI is InChI=1S/C61H36O2/c1-3-14-40(15-4-1)61(41-16-5-2-6-17-41)55-35-38(37-26-29-47-45-20-8-7-18-43(45)44-19-9-10-21-46(44)54(47)34-37)27-30-48(55)49-31-28-39(36-56(49)61)42-23-13-24-51-53-33-32-52-50-22-11-12-25-57(50)62-59(52)60(53)63-58(42)51/h1-36H. The number of rotatable bonds is 4. The molecule has 0 radical (unpaired) electrons. The maximum Gasteiger partial charge on any atom is 0.178 e. The van der Waals surface area contributed by atoms with E-state index in [-0.39, 0.29) is 0 Å². The molecule has 2 heteroatoms. The Hall–Kier alpha value is -8.20. The van der Waals surface area contributed by atoms with E-state index in [4.69, 9.17) is 8.83 Å². The van der Waals surface area contributed by atoms with Crippen molar-refractivity contribution >= 4 is 76.2 Å². The van der Waals surface area contributed by atoms with Gasteiger partial charge >= 0.3 is 0 Å². The molecule has 0 unspecified atom stereocenters. The lowest BCUT2D eigenvalue weighted by atomic mass is 9.67. The zero-order valence-electron chi connectivity index (χ0n) is 34.1. The van der Waals surface area contributed by atoms with Gasteiger partial charge in [-0.1, -0.05) is 182 Å². The summed E-state index contributed by atoms with van der Waals surface area (Å²) in [5, 5.41) is 12.0. The number of para-hydroxylation sites is 2. The largest absolute Gasteiger partial charge is 0.452 e. The third kappa shape index (κ3) is 4.72. The van der Waals surface area contributed by atoms with Gasteiger partial charge in [0.15, 0.2) is 11.2 Å². The lowest BCUT2D eigenvalue weighted by molar-refractivity contribution is 0.634. The van der Waals surface area contributed by atoms with Crippen LogP contribution in [0, 0.1) is 0 Å². The van der Waals surface area contributed by atoms with Crippen molar-refractivity contribution in [3.05, 3.63) is 241 Å². The molecule has 2 nitrogen and oxygen atoms in total. The molecule has 0 amide bonds. The fraction of sp³-hybridized carbons (Fsp3) is 0.0164. The molecule has 292 valence electrons. The average Bonchev–Trinajstić information content (AvgIpc) is 4.03. The third-order valence-electron chi connectivity index (χ3n) is 14.0. The van der Waals surface area contributed by atoms with Crippen molar-refractivity contribution in [1.82, 2.24) is 0 Å². The molecule has 11 aromatic carbocycles. The first-order valence-electron chi connectivity index (χ1n) is 21.7. The van der Waals surface area contributed by atoms with Gasteiger partial charge in [0.05, 0.1) is 5.41 Å². The maximum atomic E-state index is 6.94. The van der Waals surface area contributed by atoms with E-state index in [2.05, 4.69) is 206 Å². The Morgan fingerprint density at radius 2 is 0.698 bits per heavy atom. The van der Waals surface area contributed by atoms with Crippen LogP contribution in [-0.4, -0.2) is 0 Å². The topological polar surface area (TPSA) is 26.3 Å². The average molecular weight is 801 g/mol. The summed E-state index contributed by atoms with van der Waals surface area (Å²) in [6.45, 7) is 0. The van der Waals surface area contributed by atoms with Crippen LogP contribution < -0.4 is 0 Å². The molecule has 0 spiro atoms. The molecule has 13 aromatic rings. The lowest BCUT2D eigenvalue weighted by Crippen LogP contribution is -2.28. The van der Waals surface area contributed by atoms with Gasteiger partial charge in [0.2, 0.25) is 0 Å². The van der Waals surface area contributed by atoms with Crippen LogP contribution >= 0.6 is 0 Å². The van der Waals surface area contributed by atoms with Gasteiger partial charge < -0.3 is 8.83 Å². The van der Waals surface area contributed by atoms with Crippen molar-refractivity contribution < 1.29 is 8.83 Å². The molecule has 1 aliphatic carbocycles. The summed E-state index contributed by atoms with van der Waals surface area (Å²) in [7, 11) is 0. The minimum absolute atomic E-state index is 0.596. The summed E-state index contributed by atoms with van der Waals surface area (Å²) >= 11 is 0. The molecule has 1 aliphatic rings. The molecule has 0 bridgehead atoms. The van der Waals surface area contributed by atoms with E-state index >= 15 is 0 Å². The smallest absolute Gasteiger partial charge is 0.178 e. The van der Waals surface area contributed by atoms with Gasteiger partial charge in [-0.05, 0) is 119 Å². The Morgan fingerprint density at radius 3 is 1.37 bits per heavy atom. The van der Waals surface area contributed by atoms with E-state index in [1.165, 1.54) is 76.8 Å². The minimum Gasteiger partial charge on any atom is -0.452 e. The van der Waals surface area contributed by atoms with Gasteiger partial charge in [0, 0.05) is 27.1 Å². The van der Waals surface area contributed by atoms with Gasteiger partial charge in [0.25, 0.3) is 0 Å². The SMILES string of the molecule is c1ccc(C2(c3ccccc3)c3cc(-c4ccc5c6ccccc6c6ccccc6c5c4)ccc3-c3ccc(-c4cccc5c4oc4c5ccc5c6ccccc6oc54)cc32)cc1. The van der Waals surface area contributed by atoms with Crippen LogP contribution in [0.4, 0.5) is 0 Å². The number of hydrogen-bond donors (Lipinski definition) is 0. The van der Waals surface area contributed by atoms with Crippen LogP contribution in [0.15, 0.2) is 227 Å². The fourth-order valence-electron chi connectivity index (χ4n) is 11.2. The van der Waals surface area contributed by atoms with Crippen molar-refractivity contribution in [2.24, 2.45) is 0 Å². The van der Waals surface area contributed by atoms with Crippen molar-refractivity contribution in [2.75, 3.05) is 0 Å². The molecule has 0 atom stereocenters. The number of fused-ring (bicyclic) bond motifs is 16. The zero-order valence-corrected chi connectivity index (χ0v) is 34.1. The Bertz CT molecular complexity index is 3940. The summed E-state index contributed by atoms with van der Waals surface area (Å²) < 4.78 is 13.4. The van der Waals surface area contributed by atoms with E-state index < -0.39 is 5.41 Å². The third-order valence-corrected chi connectivity index (χ3v) is 14.0. The lowest BCUT2D eigenvalue weighted by Gasteiger charge is -2.34. The molecule has 0 N–H and O–H groups in total. The highest BCUT2D eigenvalue weighted by molar-refractivity contribution is 6.26. The van der Waals surface area contributed by atoms with Crippen LogP contribution in [0.3, 0.4) is 0 Å². The van der Waals surface area contributed by atoms with E-state index in [1.54, 1.807) is 0 Å². The van der Waals surface area contributed by atoms with Crippen LogP contribution in [0.2, 0.25) is 0 Å². The molecular formula is C61H36O2. The van der Waals surface area contributed by atoms with E-state index in [0.29, 0.717) is 0 Å². The molecular weight excluding hydrogens is 765 g/mol. The van der Waals surface area contributed by atoms with E-state index in [0.717, 1.165) is 55.0 Å². The van der Waals surface area contributed by atoms with Crippen LogP contribution in [-0.2, 0) is 5.41 Å². The van der Waals surface area contributed by atoms with E-state index in [9.17, 15) is 0 Å². The fourth-order valence-corrected chi connectivity index (χ4v) is 11.2. The first-order chi connectivity index (χ1) is 31.2. The quantitative estimate of drug-likeness (QED) is 0.166. The van der Waals surface area contributed by atoms with Crippen LogP contribution in [0.5, 0.6) is 0 Å². The molecule has 0 saturated carbocycles. The summed E-state index contributed by atoms with van der Waals surface area (Å²) in [5.74, 6) is 0. The molecule has 0 aliphatic heterocycles. The number of furan rings is 2. The van der Waals surface area contributed by atoms with Crippen molar-refractivity contribution in [1.29, 1.82) is 0 Å². The van der Waals surface area contributed by atoms with E-state index in [1.807, 2.05) is 12.1 Å². The molecule has 2 aromatic heterocycles. The van der Waals surface area contributed by atoms with Crippen molar-refractivity contribution in [3.8, 4) is 33.4 Å². The monoisotopic (exact) mass is 800 g/mol. The van der Waals surface area contributed by atoms with Crippen molar-refractivity contribution in [3.63, 3.8) is 0 Å². The Kier molecular flexibility index (Phi) is 7.07. The number of hydrogen-bond acceptors (Lipinski definition) is 2. The van der Waals surface area contributed by atoms with Crippen molar-refractivity contribution in [2.45, 2.75) is 5.41 Å². The normalized spacial score (nSPS) is 13.2. The van der Waals surface area contributed by atoms with Gasteiger partial charge in [-0.25, -0.2) is 0 Å². The summed E-state index contributed by atoms with van der Waals surface area (Å²) in [5.41, 5.74) is 14.8. The second-order valence-corrected chi connectivity index (χ2v) is 17.1. The highest BCUT2D eigenvalue weighted by Crippen LogP contribution is 2.58. The second kappa shape index (κ2) is 12.9. The van der Waals surface area contributed by atoms with Crippen LogP contribution in [0.25, 0.3) is 110 Å². The summed E-state index contributed by atoms with van der Waals surface area (Å²) in [6.07, 6.45) is 0. The second-order valence-electron chi connectivity index (χ2n) is 17.1. The zero-order chi connectivity index (χ0) is 41.2. The molecule has 14 rings (SSSR count). The first-order valence-corrected chi connectivity index (χ1v) is 21.7. The highest BCUT2D eigenvalue weighted by Gasteiger charge is 2.46. The Balaban J connectivity index is 1.00. The summed E-state index contributed by atoms with van der Waals surface area (Å²) in [6, 6.07) is 80.1. The molecule has 0 saturated heterocycles. The summed E-state index contributed by atoms with van der Waals surface area (Å²) in [4.78, 5) is 0. The number of benzene rings is 11. The minimum atomic E-state index is -0.596. The van der Waals surface area contributed by atoms with Gasteiger partial charge in [0.1, 0.15) is 11.2 Å². The van der Waals surface area contributed by atoms with Gasteiger partial charge in [-0.3, -0.25) is 0 Å². The van der Waals surface area contributed by atoms with Gasteiger partial charge in [-0.2, -0.15) is 0 Å². The van der Waals surface area contributed by atoms with Gasteiger partial charge in [-0.15, -0.1) is 0 Å². The predicted octanol–water partition coefficient (Wildman–Crippen LogP) is 16.6. The first kappa shape index (κ1) is 34.5. The molecule has 2 heterocycles. The highest BCUT2D eigenvalue weighted by atomic mass is 16.4. The predicted molar refractivity (Wildman–Crippen MR) is 262 cm³/mol. The maximum absolute atomic E-state index is 6.94. The molecule has 63 heavy (non-hydrogen) atoms. The molecule has 0 fully saturated rings. The Morgan fingerprint density at radius 1 is 0.254 bits per heavy atom. The Labute approximate surface area is 362 Å². The van der Waals surface area contributed by atoms with Crippen LogP contribution in [0.1, 0.15) is 22.3 Å².